The number of ether oxygens (including phenoxy) is 2. The standard InChI is InChI=1S/C14H13Br2NO2S/c1-14(2)18-11-4-3-8(5-12(11)19-14)17-7-9-6-10(15)13(16)20-9/h3-6,17H,7H2,1-2H3. The third-order valence-electron chi connectivity index (χ3n) is 2.82. The molecule has 0 bridgehead atoms. The van der Waals surface area contributed by atoms with Gasteiger partial charge in [-0.2, -0.15) is 0 Å². The topological polar surface area (TPSA) is 30.5 Å². The van der Waals surface area contributed by atoms with E-state index < -0.39 is 5.79 Å². The fraction of sp³-hybridized carbons (Fsp3) is 0.286. The minimum atomic E-state index is -0.579. The van der Waals surface area contributed by atoms with Crippen LogP contribution in [0, 0.1) is 0 Å². The minimum absolute atomic E-state index is 0.579. The van der Waals surface area contributed by atoms with Gasteiger partial charge in [0.1, 0.15) is 0 Å². The van der Waals surface area contributed by atoms with Crippen LogP contribution in [0.15, 0.2) is 32.5 Å². The van der Waals surface area contributed by atoms with Crippen LogP contribution in [0.25, 0.3) is 0 Å². The summed E-state index contributed by atoms with van der Waals surface area (Å²) < 4.78 is 13.6. The third kappa shape index (κ3) is 2.97. The Balaban J connectivity index is 1.70. The summed E-state index contributed by atoms with van der Waals surface area (Å²) in [4.78, 5) is 1.25. The molecule has 2 heterocycles. The predicted molar refractivity (Wildman–Crippen MR) is 88.8 cm³/mol. The lowest BCUT2D eigenvalue weighted by atomic mass is 10.3. The van der Waals surface area contributed by atoms with Crippen LogP contribution in [0.3, 0.4) is 0 Å². The number of halogens is 2. The molecule has 0 saturated carbocycles. The van der Waals surface area contributed by atoms with Crippen molar-refractivity contribution in [2.45, 2.75) is 26.2 Å². The maximum atomic E-state index is 5.74. The second-order valence-corrected chi connectivity index (χ2v) is 8.26. The molecule has 0 fully saturated rings. The molecule has 2 aromatic rings. The minimum Gasteiger partial charge on any atom is -0.449 e. The van der Waals surface area contributed by atoms with Crippen molar-refractivity contribution in [3.8, 4) is 11.5 Å². The first kappa shape index (κ1) is 14.2. The zero-order valence-corrected chi connectivity index (χ0v) is 15.0. The van der Waals surface area contributed by atoms with Crippen molar-refractivity contribution in [1.29, 1.82) is 0 Å². The number of thiophene rings is 1. The second-order valence-electron chi connectivity index (χ2n) is 4.95. The summed E-state index contributed by atoms with van der Waals surface area (Å²) in [6.45, 7) is 4.58. The van der Waals surface area contributed by atoms with E-state index in [-0.39, 0.29) is 0 Å². The van der Waals surface area contributed by atoms with Crippen LogP contribution >= 0.6 is 43.2 Å². The Morgan fingerprint density at radius 1 is 1.15 bits per heavy atom. The first-order chi connectivity index (χ1) is 9.43. The zero-order valence-electron chi connectivity index (χ0n) is 11.0. The van der Waals surface area contributed by atoms with E-state index in [9.17, 15) is 0 Å². The van der Waals surface area contributed by atoms with Crippen LogP contribution in [0.5, 0.6) is 11.5 Å². The number of hydrogen-bond donors (Lipinski definition) is 1. The molecule has 0 unspecified atom stereocenters. The van der Waals surface area contributed by atoms with Gasteiger partial charge in [0, 0.05) is 41.5 Å². The van der Waals surface area contributed by atoms with Crippen molar-refractivity contribution < 1.29 is 9.47 Å². The highest BCUT2D eigenvalue weighted by molar-refractivity contribution is 9.13. The quantitative estimate of drug-likeness (QED) is 0.724. The molecule has 0 atom stereocenters. The third-order valence-corrected chi connectivity index (χ3v) is 6.07. The van der Waals surface area contributed by atoms with Gasteiger partial charge in [-0.25, -0.2) is 0 Å². The Morgan fingerprint density at radius 2 is 1.90 bits per heavy atom. The molecule has 1 aliphatic rings. The van der Waals surface area contributed by atoms with Gasteiger partial charge in [0.25, 0.3) is 0 Å². The molecule has 6 heteroatoms. The summed E-state index contributed by atoms with van der Waals surface area (Å²) >= 11 is 8.71. The molecule has 0 amide bonds. The molecule has 3 rings (SSSR count). The van der Waals surface area contributed by atoms with Gasteiger partial charge in [0.15, 0.2) is 11.5 Å². The van der Waals surface area contributed by atoms with Crippen molar-refractivity contribution >= 4 is 48.9 Å². The Labute approximate surface area is 138 Å². The van der Waals surface area contributed by atoms with Gasteiger partial charge in [-0.15, -0.1) is 11.3 Å². The summed E-state index contributed by atoms with van der Waals surface area (Å²) in [6, 6.07) is 8.02. The Bertz CT molecular complexity index is 635. The number of rotatable bonds is 3. The first-order valence-electron chi connectivity index (χ1n) is 6.13. The summed E-state index contributed by atoms with van der Waals surface area (Å²) in [5.74, 6) is 1.00. The molecule has 1 aromatic carbocycles. The largest absolute Gasteiger partial charge is 0.449 e. The van der Waals surface area contributed by atoms with Crippen LogP contribution in [0.1, 0.15) is 18.7 Å². The lowest BCUT2D eigenvalue weighted by Crippen LogP contribution is -2.29. The lowest BCUT2D eigenvalue weighted by Gasteiger charge is -2.16. The number of nitrogens with one attached hydrogen (secondary N) is 1. The molecule has 0 radical (unpaired) electrons. The lowest BCUT2D eigenvalue weighted by molar-refractivity contribution is -0.0431. The first-order valence-corrected chi connectivity index (χ1v) is 8.53. The maximum absolute atomic E-state index is 5.74. The molecule has 0 saturated heterocycles. The molecular formula is C14H13Br2NO2S. The molecule has 0 spiro atoms. The van der Waals surface area contributed by atoms with Crippen LogP contribution in [0.2, 0.25) is 0 Å². The summed E-state index contributed by atoms with van der Waals surface area (Å²) in [7, 11) is 0. The van der Waals surface area contributed by atoms with E-state index in [1.54, 1.807) is 11.3 Å². The maximum Gasteiger partial charge on any atom is 0.246 e. The predicted octanol–water partition coefficient (Wildman–Crippen LogP) is 5.39. The van der Waals surface area contributed by atoms with Gasteiger partial charge in [0.2, 0.25) is 5.79 Å². The monoisotopic (exact) mass is 417 g/mol. The van der Waals surface area contributed by atoms with E-state index >= 15 is 0 Å². The van der Waals surface area contributed by atoms with Gasteiger partial charge in [-0.1, -0.05) is 0 Å². The molecule has 106 valence electrons. The van der Waals surface area contributed by atoms with Crippen molar-refractivity contribution in [2.24, 2.45) is 0 Å². The van der Waals surface area contributed by atoms with Crippen LogP contribution in [-0.2, 0) is 6.54 Å². The second kappa shape index (κ2) is 5.24. The Morgan fingerprint density at radius 3 is 2.60 bits per heavy atom. The summed E-state index contributed by atoms with van der Waals surface area (Å²) in [6.07, 6.45) is 0. The smallest absolute Gasteiger partial charge is 0.246 e. The molecule has 3 nitrogen and oxygen atoms in total. The number of hydrogen-bond acceptors (Lipinski definition) is 4. The highest BCUT2D eigenvalue weighted by Gasteiger charge is 2.31. The van der Waals surface area contributed by atoms with Gasteiger partial charge < -0.3 is 14.8 Å². The normalized spacial score (nSPS) is 15.4. The van der Waals surface area contributed by atoms with E-state index in [2.05, 4.69) is 43.2 Å². The number of fused-ring (bicyclic) bond motifs is 1. The van der Waals surface area contributed by atoms with E-state index in [0.29, 0.717) is 0 Å². The highest BCUT2D eigenvalue weighted by Crippen LogP contribution is 2.41. The number of anilines is 1. The fourth-order valence-electron chi connectivity index (χ4n) is 2.00. The van der Waals surface area contributed by atoms with Crippen LogP contribution in [-0.4, -0.2) is 5.79 Å². The molecular weight excluding hydrogens is 406 g/mol. The average molecular weight is 419 g/mol. The molecule has 1 N–H and O–H groups in total. The summed E-state index contributed by atoms with van der Waals surface area (Å²) in [5, 5.41) is 3.39. The van der Waals surface area contributed by atoms with Gasteiger partial charge in [0.05, 0.1) is 3.79 Å². The van der Waals surface area contributed by atoms with Gasteiger partial charge >= 0.3 is 0 Å². The van der Waals surface area contributed by atoms with Crippen molar-refractivity contribution in [1.82, 2.24) is 0 Å². The van der Waals surface area contributed by atoms with Gasteiger partial charge in [-0.05, 0) is 50.1 Å². The summed E-state index contributed by atoms with van der Waals surface area (Å²) in [5.41, 5.74) is 1.02. The van der Waals surface area contributed by atoms with Gasteiger partial charge in [-0.3, -0.25) is 0 Å². The van der Waals surface area contributed by atoms with E-state index in [1.807, 2.05) is 32.0 Å². The van der Waals surface area contributed by atoms with Crippen LogP contribution in [0.4, 0.5) is 5.69 Å². The average Bonchev–Trinajstić information content (AvgIpc) is 2.84. The Hall–Kier alpha value is -0.720. The zero-order chi connectivity index (χ0) is 14.3. The van der Waals surface area contributed by atoms with E-state index in [0.717, 1.165) is 32.0 Å². The molecule has 1 aliphatic heterocycles. The van der Waals surface area contributed by atoms with Crippen molar-refractivity contribution in [3.05, 3.63) is 37.4 Å². The van der Waals surface area contributed by atoms with E-state index in [1.165, 1.54) is 4.88 Å². The molecule has 20 heavy (non-hydrogen) atoms. The fourth-order valence-corrected chi connectivity index (χ4v) is 4.12. The van der Waals surface area contributed by atoms with E-state index in [4.69, 9.17) is 9.47 Å². The van der Waals surface area contributed by atoms with Crippen molar-refractivity contribution in [2.75, 3.05) is 5.32 Å². The molecule has 1 aromatic heterocycles. The van der Waals surface area contributed by atoms with Crippen LogP contribution < -0.4 is 14.8 Å². The highest BCUT2D eigenvalue weighted by atomic mass is 79.9. The number of benzene rings is 1. The SMILES string of the molecule is CC1(C)Oc2ccc(NCc3cc(Br)c(Br)s3)cc2O1. The van der Waals surface area contributed by atoms with Crippen molar-refractivity contribution in [3.63, 3.8) is 0 Å². The Kier molecular flexibility index (Phi) is 3.73. The molecule has 0 aliphatic carbocycles.